The van der Waals surface area contributed by atoms with E-state index in [1.165, 1.54) is 0 Å². The van der Waals surface area contributed by atoms with Crippen LogP contribution in [0.1, 0.15) is 50.1 Å². The van der Waals surface area contributed by atoms with E-state index in [0.717, 1.165) is 10.8 Å². The Balaban J connectivity index is 2.87. The topological polar surface area (TPSA) is 134 Å². The molecule has 1 heterocycles. The Morgan fingerprint density at radius 1 is 1.05 bits per heavy atom. The Bertz CT molecular complexity index is 654. The van der Waals surface area contributed by atoms with Gasteiger partial charge in [0.25, 0.3) is 0 Å². The van der Waals surface area contributed by atoms with Gasteiger partial charge < -0.3 is 19.9 Å². The minimum atomic E-state index is -1.75. The van der Waals surface area contributed by atoms with Gasteiger partial charge in [0, 0.05) is 12.2 Å². The summed E-state index contributed by atoms with van der Waals surface area (Å²) in [6, 6.07) is -0.275. The number of aromatic nitrogens is 1. The van der Waals surface area contributed by atoms with Crippen molar-refractivity contribution in [3.8, 4) is 0 Å². The van der Waals surface area contributed by atoms with E-state index >= 15 is 0 Å². The van der Waals surface area contributed by atoms with Gasteiger partial charge in [-0.2, -0.15) is 0 Å². The van der Waals surface area contributed by atoms with Crippen LogP contribution in [0.2, 0.25) is 0 Å². The summed E-state index contributed by atoms with van der Waals surface area (Å²) in [6.07, 6.45) is 2.13. The van der Waals surface area contributed by atoms with Crippen LogP contribution in [0.25, 0.3) is 0 Å². The van der Waals surface area contributed by atoms with Crippen LogP contribution in [0.15, 0.2) is 11.0 Å². The molecule has 0 amide bonds. The highest BCUT2D eigenvalue weighted by Gasteiger charge is 2.33. The van der Waals surface area contributed by atoms with E-state index < -0.39 is 40.2 Å². The number of carboxylic acids is 3. The van der Waals surface area contributed by atoms with Gasteiger partial charge in [0.1, 0.15) is 16.8 Å². The Morgan fingerprint density at radius 2 is 1.63 bits per heavy atom. The third-order valence-electron chi connectivity index (χ3n) is 2.82. The molecule has 3 N–H and O–H groups in total. The lowest BCUT2D eigenvalue weighted by molar-refractivity contribution is 0.0635. The third-order valence-corrected chi connectivity index (χ3v) is 2.82. The largest absolute Gasteiger partial charge is 0.477 e. The molecule has 1 fully saturated rings. The maximum absolute atomic E-state index is 11.7. The van der Waals surface area contributed by atoms with Crippen molar-refractivity contribution in [1.82, 2.24) is 4.57 Å². The SMILES string of the molecule is O=C(O)c1cn(C2CC2)c(C(=O)O)c(C(=O)O)c1=O. The van der Waals surface area contributed by atoms with Crippen molar-refractivity contribution in [1.29, 1.82) is 0 Å². The highest BCUT2D eigenvalue weighted by Crippen LogP contribution is 2.36. The molecule has 0 bridgehead atoms. The Hall–Kier alpha value is -2.64. The van der Waals surface area contributed by atoms with Gasteiger partial charge in [0.15, 0.2) is 0 Å². The number of rotatable bonds is 4. The van der Waals surface area contributed by atoms with Crippen LogP contribution < -0.4 is 5.43 Å². The summed E-state index contributed by atoms with van der Waals surface area (Å²) in [5.74, 6) is -4.91. The van der Waals surface area contributed by atoms with E-state index in [1.807, 2.05) is 0 Å². The highest BCUT2D eigenvalue weighted by molar-refractivity contribution is 6.02. The molecule has 1 aliphatic rings. The maximum atomic E-state index is 11.7. The first kappa shape index (κ1) is 12.8. The first-order valence-corrected chi connectivity index (χ1v) is 5.33. The second kappa shape index (κ2) is 4.23. The average molecular weight is 267 g/mol. The summed E-state index contributed by atoms with van der Waals surface area (Å²) in [4.78, 5) is 44.8. The zero-order valence-corrected chi connectivity index (χ0v) is 9.49. The molecule has 0 atom stereocenters. The van der Waals surface area contributed by atoms with Gasteiger partial charge in [-0.1, -0.05) is 0 Å². The molecule has 19 heavy (non-hydrogen) atoms. The summed E-state index contributed by atoms with van der Waals surface area (Å²) in [6.45, 7) is 0. The first-order chi connectivity index (χ1) is 8.84. The zero-order chi connectivity index (χ0) is 14.3. The maximum Gasteiger partial charge on any atom is 0.353 e. The molecule has 2 rings (SSSR count). The van der Waals surface area contributed by atoms with Gasteiger partial charge in [0.2, 0.25) is 5.43 Å². The lowest BCUT2D eigenvalue weighted by atomic mass is 10.1. The summed E-state index contributed by atoms with van der Waals surface area (Å²) in [5.41, 5.74) is -3.73. The lowest BCUT2D eigenvalue weighted by Gasteiger charge is -2.12. The Morgan fingerprint density at radius 3 is 2.00 bits per heavy atom. The van der Waals surface area contributed by atoms with E-state index in [4.69, 9.17) is 15.3 Å². The fourth-order valence-corrected chi connectivity index (χ4v) is 1.84. The number of carbonyl (C=O) groups is 3. The quantitative estimate of drug-likeness (QED) is 0.713. The van der Waals surface area contributed by atoms with Crippen molar-refractivity contribution >= 4 is 17.9 Å². The molecule has 0 aliphatic heterocycles. The van der Waals surface area contributed by atoms with Crippen LogP contribution in [0, 0.1) is 0 Å². The molecule has 100 valence electrons. The average Bonchev–Trinajstić information content (AvgIpc) is 3.10. The normalized spacial score (nSPS) is 14.1. The third kappa shape index (κ3) is 2.07. The molecule has 0 saturated heterocycles. The molecule has 0 aromatic carbocycles. The minimum Gasteiger partial charge on any atom is -0.477 e. The number of pyridine rings is 1. The van der Waals surface area contributed by atoms with Crippen LogP contribution in [0.4, 0.5) is 0 Å². The van der Waals surface area contributed by atoms with Crippen molar-refractivity contribution < 1.29 is 29.7 Å². The lowest BCUT2D eigenvalue weighted by Crippen LogP contribution is -2.30. The van der Waals surface area contributed by atoms with Crippen LogP contribution in [0.5, 0.6) is 0 Å². The number of hydrogen-bond acceptors (Lipinski definition) is 4. The predicted molar refractivity (Wildman–Crippen MR) is 59.9 cm³/mol. The molecule has 1 aromatic heterocycles. The van der Waals surface area contributed by atoms with Crippen molar-refractivity contribution in [2.75, 3.05) is 0 Å². The fourth-order valence-electron chi connectivity index (χ4n) is 1.84. The molecular formula is C11H9NO7. The van der Waals surface area contributed by atoms with Crippen LogP contribution in [-0.4, -0.2) is 37.8 Å². The first-order valence-electron chi connectivity index (χ1n) is 5.33. The molecule has 8 heteroatoms. The second-order valence-corrected chi connectivity index (χ2v) is 4.15. The van der Waals surface area contributed by atoms with Gasteiger partial charge >= 0.3 is 17.9 Å². The van der Waals surface area contributed by atoms with E-state index in [-0.39, 0.29) is 6.04 Å². The molecule has 0 unspecified atom stereocenters. The van der Waals surface area contributed by atoms with E-state index in [1.54, 1.807) is 0 Å². The van der Waals surface area contributed by atoms with Crippen molar-refractivity contribution in [2.45, 2.75) is 18.9 Å². The van der Waals surface area contributed by atoms with Crippen LogP contribution in [0.3, 0.4) is 0 Å². The van der Waals surface area contributed by atoms with Crippen LogP contribution in [-0.2, 0) is 0 Å². The molecule has 1 aromatic rings. The Labute approximate surface area is 105 Å². The standard InChI is InChI=1S/C11H9NO7/c13-8-5(9(14)15)3-12(4-1-2-4)7(11(18)19)6(8)10(16)17/h3-4H,1-2H2,(H,14,15)(H,16,17)(H,18,19). The number of carboxylic acid groups (broad SMARTS) is 3. The summed E-state index contributed by atoms with van der Waals surface area (Å²) in [7, 11) is 0. The number of aromatic carboxylic acids is 3. The number of hydrogen-bond donors (Lipinski definition) is 3. The summed E-state index contributed by atoms with van der Waals surface area (Å²) >= 11 is 0. The van der Waals surface area contributed by atoms with E-state index in [0.29, 0.717) is 12.8 Å². The minimum absolute atomic E-state index is 0.275. The Kier molecular flexibility index (Phi) is 2.85. The van der Waals surface area contributed by atoms with Crippen LogP contribution >= 0.6 is 0 Å². The van der Waals surface area contributed by atoms with Gasteiger partial charge in [-0.15, -0.1) is 0 Å². The van der Waals surface area contributed by atoms with Crippen molar-refractivity contribution in [2.24, 2.45) is 0 Å². The van der Waals surface area contributed by atoms with Gasteiger partial charge in [-0.3, -0.25) is 4.79 Å². The molecule has 0 radical (unpaired) electrons. The van der Waals surface area contributed by atoms with Gasteiger partial charge in [0.05, 0.1) is 0 Å². The van der Waals surface area contributed by atoms with Gasteiger partial charge in [-0.05, 0) is 12.8 Å². The van der Waals surface area contributed by atoms with E-state index in [2.05, 4.69) is 0 Å². The molecule has 8 nitrogen and oxygen atoms in total. The van der Waals surface area contributed by atoms with Crippen molar-refractivity contribution in [3.05, 3.63) is 33.2 Å². The fraction of sp³-hybridized carbons (Fsp3) is 0.273. The van der Waals surface area contributed by atoms with Gasteiger partial charge in [-0.25, -0.2) is 14.4 Å². The van der Waals surface area contributed by atoms with E-state index in [9.17, 15) is 19.2 Å². The monoisotopic (exact) mass is 267 g/mol. The number of nitrogens with zero attached hydrogens (tertiary/aromatic N) is 1. The second-order valence-electron chi connectivity index (χ2n) is 4.15. The molecule has 0 spiro atoms. The molecule has 1 saturated carbocycles. The summed E-state index contributed by atoms with van der Waals surface area (Å²) < 4.78 is 1.05. The highest BCUT2D eigenvalue weighted by atomic mass is 16.4. The molecule has 1 aliphatic carbocycles. The zero-order valence-electron chi connectivity index (χ0n) is 9.49. The molecular weight excluding hydrogens is 258 g/mol. The van der Waals surface area contributed by atoms with Crippen molar-refractivity contribution in [3.63, 3.8) is 0 Å². The summed E-state index contributed by atoms with van der Waals surface area (Å²) in [5, 5.41) is 26.9. The smallest absolute Gasteiger partial charge is 0.353 e. The predicted octanol–water partition coefficient (Wildman–Crippen LogP) is 0.278.